The normalized spacial score (nSPS) is 12.4. The Hall–Kier alpha value is -1.81. The average Bonchev–Trinajstić information content (AvgIpc) is 2.77. The van der Waals surface area contributed by atoms with Crippen LogP contribution in [0.5, 0.6) is 5.75 Å². The van der Waals surface area contributed by atoms with Gasteiger partial charge >= 0.3 is 0 Å². The zero-order chi connectivity index (χ0) is 13.7. The summed E-state index contributed by atoms with van der Waals surface area (Å²) in [7, 11) is 0. The highest BCUT2D eigenvalue weighted by Crippen LogP contribution is 2.11. The molecule has 1 unspecified atom stereocenters. The molecule has 4 nitrogen and oxygen atoms in total. The molecule has 0 aliphatic heterocycles. The number of aliphatic hydroxyl groups is 1. The Morgan fingerprint density at radius 3 is 2.74 bits per heavy atom. The van der Waals surface area contributed by atoms with E-state index in [9.17, 15) is 5.11 Å². The molecular formula is C15H20N2O2. The zero-order valence-corrected chi connectivity index (χ0v) is 11.4. The minimum Gasteiger partial charge on any atom is -0.491 e. The molecule has 0 radical (unpaired) electrons. The van der Waals surface area contributed by atoms with Crippen LogP contribution >= 0.6 is 0 Å². The molecule has 4 heteroatoms. The number of benzene rings is 1. The Bertz CT molecular complexity index is 508. The second-order valence-corrected chi connectivity index (χ2v) is 4.57. The Balaban J connectivity index is 1.88. The van der Waals surface area contributed by atoms with E-state index in [0.717, 1.165) is 23.7 Å². The van der Waals surface area contributed by atoms with Gasteiger partial charge in [0.2, 0.25) is 0 Å². The Morgan fingerprint density at radius 1 is 1.32 bits per heavy atom. The summed E-state index contributed by atoms with van der Waals surface area (Å²) >= 11 is 0. The van der Waals surface area contributed by atoms with Crippen LogP contribution in [0.1, 0.15) is 18.3 Å². The summed E-state index contributed by atoms with van der Waals surface area (Å²) in [6.07, 6.45) is 0.0308. The number of para-hydroxylation sites is 1. The molecule has 1 aromatic heterocycles. The maximum atomic E-state index is 10.0. The fraction of sp³-hybridized carbons (Fsp3) is 0.400. The van der Waals surface area contributed by atoms with Crippen LogP contribution in [0.4, 0.5) is 0 Å². The summed E-state index contributed by atoms with van der Waals surface area (Å²) in [6.45, 7) is 5.11. The molecule has 1 N–H and O–H groups in total. The van der Waals surface area contributed by atoms with Crippen LogP contribution in [0.25, 0.3) is 0 Å². The first-order valence-electron chi connectivity index (χ1n) is 6.58. The summed E-state index contributed by atoms with van der Waals surface area (Å²) in [5.41, 5.74) is 2.03. The lowest BCUT2D eigenvalue weighted by atomic mass is 10.2. The van der Waals surface area contributed by atoms with Crippen LogP contribution in [0.15, 0.2) is 36.4 Å². The van der Waals surface area contributed by atoms with Gasteiger partial charge < -0.3 is 9.84 Å². The SMILES string of the molecule is CCn1nc(C)cc1CC(O)COc1ccccc1. The predicted molar refractivity (Wildman–Crippen MR) is 74.3 cm³/mol. The van der Waals surface area contributed by atoms with Gasteiger partial charge in [-0.1, -0.05) is 18.2 Å². The minimum absolute atomic E-state index is 0.290. The van der Waals surface area contributed by atoms with Gasteiger partial charge in [0.1, 0.15) is 12.4 Å². The third-order valence-corrected chi connectivity index (χ3v) is 2.92. The van der Waals surface area contributed by atoms with Crippen molar-refractivity contribution in [3.63, 3.8) is 0 Å². The van der Waals surface area contributed by atoms with Gasteiger partial charge in [-0.2, -0.15) is 5.10 Å². The van der Waals surface area contributed by atoms with Gasteiger partial charge in [0, 0.05) is 18.7 Å². The highest BCUT2D eigenvalue weighted by molar-refractivity contribution is 5.21. The lowest BCUT2D eigenvalue weighted by molar-refractivity contribution is 0.106. The number of rotatable bonds is 6. The molecule has 0 amide bonds. The molecule has 19 heavy (non-hydrogen) atoms. The highest BCUT2D eigenvalue weighted by atomic mass is 16.5. The van der Waals surface area contributed by atoms with Crippen molar-refractivity contribution in [1.29, 1.82) is 0 Å². The van der Waals surface area contributed by atoms with Crippen LogP contribution in [-0.2, 0) is 13.0 Å². The van der Waals surface area contributed by atoms with Crippen molar-refractivity contribution in [2.75, 3.05) is 6.61 Å². The van der Waals surface area contributed by atoms with Crippen molar-refractivity contribution in [2.45, 2.75) is 32.9 Å². The first kappa shape index (κ1) is 13.6. The largest absolute Gasteiger partial charge is 0.491 e. The Labute approximate surface area is 113 Å². The molecule has 1 heterocycles. The molecule has 0 fully saturated rings. The molecule has 0 spiro atoms. The molecular weight excluding hydrogens is 240 g/mol. The van der Waals surface area contributed by atoms with Crippen LogP contribution < -0.4 is 4.74 Å². The third-order valence-electron chi connectivity index (χ3n) is 2.92. The predicted octanol–water partition coefficient (Wildman–Crippen LogP) is 2.19. The van der Waals surface area contributed by atoms with E-state index >= 15 is 0 Å². The van der Waals surface area contributed by atoms with E-state index in [1.807, 2.05) is 54.9 Å². The molecule has 0 bridgehead atoms. The fourth-order valence-electron chi connectivity index (χ4n) is 2.05. The van der Waals surface area contributed by atoms with E-state index in [-0.39, 0.29) is 6.61 Å². The minimum atomic E-state index is -0.526. The van der Waals surface area contributed by atoms with Gasteiger partial charge in [0.05, 0.1) is 11.8 Å². The number of ether oxygens (including phenoxy) is 1. The molecule has 0 saturated carbocycles. The van der Waals surface area contributed by atoms with E-state index in [2.05, 4.69) is 5.10 Å². The number of nitrogens with zero attached hydrogens (tertiary/aromatic N) is 2. The van der Waals surface area contributed by atoms with Gasteiger partial charge in [-0.15, -0.1) is 0 Å². The second-order valence-electron chi connectivity index (χ2n) is 4.57. The van der Waals surface area contributed by atoms with Crippen molar-refractivity contribution in [2.24, 2.45) is 0 Å². The average molecular weight is 260 g/mol. The molecule has 1 aromatic carbocycles. The smallest absolute Gasteiger partial charge is 0.119 e. The lowest BCUT2D eigenvalue weighted by Crippen LogP contribution is -2.21. The third kappa shape index (κ3) is 3.83. The van der Waals surface area contributed by atoms with Crippen molar-refractivity contribution >= 4 is 0 Å². The second kappa shape index (κ2) is 6.38. The monoisotopic (exact) mass is 260 g/mol. The Morgan fingerprint density at radius 2 is 2.05 bits per heavy atom. The van der Waals surface area contributed by atoms with Crippen LogP contribution in [0, 0.1) is 6.92 Å². The van der Waals surface area contributed by atoms with Gasteiger partial charge in [0.15, 0.2) is 0 Å². The van der Waals surface area contributed by atoms with E-state index in [0.29, 0.717) is 6.42 Å². The molecule has 0 saturated heterocycles. The number of hydrogen-bond donors (Lipinski definition) is 1. The zero-order valence-electron chi connectivity index (χ0n) is 11.4. The maximum absolute atomic E-state index is 10.0. The molecule has 0 aliphatic rings. The van der Waals surface area contributed by atoms with Crippen molar-refractivity contribution in [1.82, 2.24) is 9.78 Å². The van der Waals surface area contributed by atoms with Crippen molar-refractivity contribution in [3.05, 3.63) is 47.8 Å². The molecule has 2 rings (SSSR count). The quantitative estimate of drug-likeness (QED) is 0.866. The number of aryl methyl sites for hydroxylation is 2. The number of hydrogen-bond acceptors (Lipinski definition) is 3. The van der Waals surface area contributed by atoms with Crippen molar-refractivity contribution < 1.29 is 9.84 Å². The van der Waals surface area contributed by atoms with Crippen molar-refractivity contribution in [3.8, 4) is 5.75 Å². The maximum Gasteiger partial charge on any atom is 0.119 e. The molecule has 0 aliphatic carbocycles. The fourth-order valence-corrected chi connectivity index (χ4v) is 2.05. The molecule has 1 atom stereocenters. The summed E-state index contributed by atoms with van der Waals surface area (Å²) in [5, 5.41) is 14.4. The summed E-state index contributed by atoms with van der Waals surface area (Å²) < 4.78 is 7.46. The van der Waals surface area contributed by atoms with E-state index < -0.39 is 6.10 Å². The lowest BCUT2D eigenvalue weighted by Gasteiger charge is -2.13. The van der Waals surface area contributed by atoms with Crippen LogP contribution in [0.2, 0.25) is 0 Å². The summed E-state index contributed by atoms with van der Waals surface area (Å²) in [6, 6.07) is 11.5. The van der Waals surface area contributed by atoms with Crippen LogP contribution in [-0.4, -0.2) is 27.6 Å². The van der Waals surface area contributed by atoms with E-state index in [1.165, 1.54) is 0 Å². The van der Waals surface area contributed by atoms with E-state index in [4.69, 9.17) is 4.74 Å². The number of aliphatic hydroxyl groups excluding tert-OH is 1. The first-order chi connectivity index (χ1) is 9.19. The van der Waals surface area contributed by atoms with E-state index in [1.54, 1.807) is 0 Å². The summed E-state index contributed by atoms with van der Waals surface area (Å²) in [5.74, 6) is 0.779. The molecule has 102 valence electrons. The topological polar surface area (TPSA) is 47.3 Å². The summed E-state index contributed by atoms with van der Waals surface area (Å²) in [4.78, 5) is 0. The molecule has 2 aromatic rings. The van der Waals surface area contributed by atoms with Gasteiger partial charge in [0.25, 0.3) is 0 Å². The van der Waals surface area contributed by atoms with Gasteiger partial charge in [-0.3, -0.25) is 4.68 Å². The number of aromatic nitrogens is 2. The van der Waals surface area contributed by atoms with Crippen LogP contribution in [0.3, 0.4) is 0 Å². The first-order valence-corrected chi connectivity index (χ1v) is 6.58. The Kier molecular flexibility index (Phi) is 4.58. The van der Waals surface area contributed by atoms with Gasteiger partial charge in [-0.05, 0) is 32.0 Å². The highest BCUT2D eigenvalue weighted by Gasteiger charge is 2.11. The standard InChI is InChI=1S/C15H20N2O2/c1-3-17-13(9-12(2)16-17)10-14(18)11-19-15-7-5-4-6-8-15/h4-9,14,18H,3,10-11H2,1-2H3. The van der Waals surface area contributed by atoms with Gasteiger partial charge in [-0.25, -0.2) is 0 Å².